The average molecular weight is 332 g/mol. The Balaban J connectivity index is 2.06. The van der Waals surface area contributed by atoms with Crippen molar-refractivity contribution in [3.63, 3.8) is 0 Å². The van der Waals surface area contributed by atoms with Crippen LogP contribution in [0.2, 0.25) is 0 Å². The molecular formula is C16H16N2O2S2. The highest BCUT2D eigenvalue weighted by atomic mass is 32.2. The van der Waals surface area contributed by atoms with Crippen LogP contribution in [0.4, 0.5) is 0 Å². The second-order valence-corrected chi connectivity index (χ2v) is 6.72. The first-order chi connectivity index (χ1) is 10.7. The van der Waals surface area contributed by atoms with Crippen molar-refractivity contribution >= 4 is 33.3 Å². The van der Waals surface area contributed by atoms with Crippen LogP contribution < -0.4 is 10.3 Å². The van der Waals surface area contributed by atoms with Gasteiger partial charge in [0, 0.05) is 16.7 Å². The summed E-state index contributed by atoms with van der Waals surface area (Å²) in [4.78, 5) is 20.6. The monoisotopic (exact) mass is 332 g/mol. The molecule has 0 spiro atoms. The molecule has 2 heterocycles. The summed E-state index contributed by atoms with van der Waals surface area (Å²) in [5.74, 6) is 1.75. The zero-order valence-corrected chi connectivity index (χ0v) is 14.0. The van der Waals surface area contributed by atoms with Crippen molar-refractivity contribution in [2.45, 2.75) is 18.5 Å². The highest BCUT2D eigenvalue weighted by Crippen LogP contribution is 2.32. The molecule has 3 aromatic rings. The van der Waals surface area contributed by atoms with Crippen molar-refractivity contribution in [2.75, 3.05) is 12.9 Å². The van der Waals surface area contributed by atoms with Gasteiger partial charge in [-0.2, -0.15) is 0 Å². The van der Waals surface area contributed by atoms with E-state index in [-0.39, 0.29) is 5.56 Å². The van der Waals surface area contributed by atoms with Crippen LogP contribution in [0, 0.1) is 0 Å². The SMILES string of the molecule is CCCSc1nc2scc(-c3ccc(OC)cc3)c2c(=O)[nH]1. The van der Waals surface area contributed by atoms with Crippen molar-refractivity contribution in [2.24, 2.45) is 0 Å². The molecule has 0 saturated carbocycles. The molecule has 0 radical (unpaired) electrons. The first-order valence-electron chi connectivity index (χ1n) is 7.01. The molecule has 0 aliphatic carbocycles. The second kappa shape index (κ2) is 6.54. The summed E-state index contributed by atoms with van der Waals surface area (Å²) in [6.45, 7) is 2.11. The fourth-order valence-corrected chi connectivity index (χ4v) is 3.90. The number of aromatic amines is 1. The minimum Gasteiger partial charge on any atom is -0.497 e. The molecule has 0 saturated heterocycles. The van der Waals surface area contributed by atoms with Gasteiger partial charge in [-0.25, -0.2) is 4.98 Å². The number of nitrogens with zero attached hydrogens (tertiary/aromatic N) is 1. The van der Waals surface area contributed by atoms with E-state index in [1.54, 1.807) is 18.9 Å². The first-order valence-corrected chi connectivity index (χ1v) is 8.88. The van der Waals surface area contributed by atoms with Crippen LogP contribution >= 0.6 is 23.1 Å². The minimum atomic E-state index is -0.0735. The molecule has 0 amide bonds. The van der Waals surface area contributed by atoms with Crippen LogP contribution in [-0.2, 0) is 0 Å². The molecule has 3 rings (SSSR count). The molecule has 0 bridgehead atoms. The number of ether oxygens (including phenoxy) is 1. The smallest absolute Gasteiger partial charge is 0.260 e. The molecule has 22 heavy (non-hydrogen) atoms. The van der Waals surface area contributed by atoms with Gasteiger partial charge in [-0.15, -0.1) is 11.3 Å². The van der Waals surface area contributed by atoms with Crippen molar-refractivity contribution in [1.29, 1.82) is 0 Å². The van der Waals surface area contributed by atoms with Gasteiger partial charge in [0.1, 0.15) is 10.6 Å². The van der Waals surface area contributed by atoms with E-state index in [9.17, 15) is 4.79 Å². The molecule has 0 fully saturated rings. The number of H-pyrrole nitrogens is 1. The molecular weight excluding hydrogens is 316 g/mol. The summed E-state index contributed by atoms with van der Waals surface area (Å²) in [5, 5.41) is 3.35. The van der Waals surface area contributed by atoms with Crippen molar-refractivity contribution in [3.05, 3.63) is 40.0 Å². The average Bonchev–Trinajstić information content (AvgIpc) is 2.97. The van der Waals surface area contributed by atoms with Gasteiger partial charge in [-0.3, -0.25) is 4.79 Å². The normalized spacial score (nSPS) is 11.0. The maximum atomic E-state index is 12.4. The molecule has 1 N–H and O–H groups in total. The van der Waals surface area contributed by atoms with E-state index < -0.39 is 0 Å². The highest BCUT2D eigenvalue weighted by molar-refractivity contribution is 7.99. The number of methoxy groups -OCH3 is 1. The Morgan fingerprint density at radius 1 is 1.32 bits per heavy atom. The fourth-order valence-electron chi connectivity index (χ4n) is 2.18. The summed E-state index contributed by atoms with van der Waals surface area (Å²) in [6, 6.07) is 7.71. The largest absolute Gasteiger partial charge is 0.497 e. The van der Waals surface area contributed by atoms with E-state index in [1.165, 1.54) is 11.3 Å². The maximum Gasteiger partial charge on any atom is 0.260 e. The number of rotatable bonds is 5. The molecule has 0 aliphatic rings. The van der Waals surface area contributed by atoms with Gasteiger partial charge in [0.2, 0.25) is 0 Å². The quantitative estimate of drug-likeness (QED) is 0.563. The molecule has 2 aromatic heterocycles. The Labute approximate surface area is 136 Å². The van der Waals surface area contributed by atoms with E-state index >= 15 is 0 Å². The van der Waals surface area contributed by atoms with Crippen LogP contribution in [0.1, 0.15) is 13.3 Å². The van der Waals surface area contributed by atoms with Crippen LogP contribution in [0.3, 0.4) is 0 Å². The van der Waals surface area contributed by atoms with Gasteiger partial charge in [-0.05, 0) is 24.1 Å². The number of aromatic nitrogens is 2. The molecule has 1 aromatic carbocycles. The van der Waals surface area contributed by atoms with Crippen LogP contribution in [0.15, 0.2) is 39.6 Å². The summed E-state index contributed by atoms with van der Waals surface area (Å²) >= 11 is 3.09. The van der Waals surface area contributed by atoms with E-state index in [1.807, 2.05) is 29.6 Å². The lowest BCUT2D eigenvalue weighted by Crippen LogP contribution is -2.08. The number of thiophene rings is 1. The third-order valence-corrected chi connectivity index (χ3v) is 5.22. The van der Waals surface area contributed by atoms with E-state index in [2.05, 4.69) is 16.9 Å². The summed E-state index contributed by atoms with van der Waals surface area (Å²) in [5.41, 5.74) is 1.84. The Bertz CT molecular complexity index is 837. The van der Waals surface area contributed by atoms with E-state index in [4.69, 9.17) is 4.74 Å². The zero-order valence-electron chi connectivity index (χ0n) is 12.4. The van der Waals surface area contributed by atoms with E-state index in [0.717, 1.165) is 33.9 Å². The van der Waals surface area contributed by atoms with Gasteiger partial charge >= 0.3 is 0 Å². The fraction of sp³-hybridized carbons (Fsp3) is 0.250. The van der Waals surface area contributed by atoms with E-state index in [0.29, 0.717) is 10.5 Å². The predicted molar refractivity (Wildman–Crippen MR) is 93.2 cm³/mol. The lowest BCUT2D eigenvalue weighted by molar-refractivity contribution is 0.415. The topological polar surface area (TPSA) is 55.0 Å². The van der Waals surface area contributed by atoms with Crippen LogP contribution in [0.25, 0.3) is 21.3 Å². The molecule has 4 nitrogen and oxygen atoms in total. The lowest BCUT2D eigenvalue weighted by atomic mass is 10.1. The maximum absolute atomic E-state index is 12.4. The van der Waals surface area contributed by atoms with Crippen molar-refractivity contribution in [3.8, 4) is 16.9 Å². The van der Waals surface area contributed by atoms with Gasteiger partial charge in [0.05, 0.1) is 12.5 Å². The lowest BCUT2D eigenvalue weighted by Gasteiger charge is -2.03. The predicted octanol–water partition coefficient (Wildman–Crippen LogP) is 4.16. The standard InChI is InChI=1S/C16H16N2O2S2/c1-3-8-21-16-17-14(19)13-12(9-22-15(13)18-16)10-4-6-11(20-2)7-5-10/h4-7,9H,3,8H2,1-2H3,(H,17,18,19). The van der Waals surface area contributed by atoms with Gasteiger partial charge in [0.25, 0.3) is 5.56 Å². The van der Waals surface area contributed by atoms with Crippen LogP contribution in [0.5, 0.6) is 5.75 Å². The Kier molecular flexibility index (Phi) is 4.49. The number of benzene rings is 1. The molecule has 114 valence electrons. The number of nitrogens with one attached hydrogen (secondary N) is 1. The zero-order chi connectivity index (χ0) is 15.5. The van der Waals surface area contributed by atoms with Gasteiger partial charge < -0.3 is 9.72 Å². The van der Waals surface area contributed by atoms with Crippen molar-refractivity contribution < 1.29 is 4.74 Å². The number of hydrogen-bond acceptors (Lipinski definition) is 5. The summed E-state index contributed by atoms with van der Waals surface area (Å²) in [6.07, 6.45) is 1.05. The Hall–Kier alpha value is -1.79. The highest BCUT2D eigenvalue weighted by Gasteiger charge is 2.13. The van der Waals surface area contributed by atoms with Crippen LogP contribution in [-0.4, -0.2) is 22.8 Å². The first kappa shape index (κ1) is 15.1. The van der Waals surface area contributed by atoms with Gasteiger partial charge in [0.15, 0.2) is 5.16 Å². The van der Waals surface area contributed by atoms with Crippen molar-refractivity contribution in [1.82, 2.24) is 9.97 Å². The number of hydrogen-bond donors (Lipinski definition) is 1. The third kappa shape index (κ3) is 2.89. The Morgan fingerprint density at radius 3 is 2.77 bits per heavy atom. The summed E-state index contributed by atoms with van der Waals surface area (Å²) < 4.78 is 5.17. The van der Waals surface area contributed by atoms with Gasteiger partial charge in [-0.1, -0.05) is 30.8 Å². The number of fused-ring (bicyclic) bond motifs is 1. The number of thioether (sulfide) groups is 1. The Morgan fingerprint density at radius 2 is 2.09 bits per heavy atom. The molecule has 0 aliphatic heterocycles. The summed E-state index contributed by atoms with van der Waals surface area (Å²) in [7, 11) is 1.64. The molecule has 6 heteroatoms. The third-order valence-electron chi connectivity index (χ3n) is 3.27. The minimum absolute atomic E-state index is 0.0735. The molecule has 0 atom stereocenters. The molecule has 0 unspecified atom stereocenters. The second-order valence-electron chi connectivity index (χ2n) is 4.78.